The molecule has 0 bridgehead atoms. The first-order valence-electron chi connectivity index (χ1n) is 7.75. The topological polar surface area (TPSA) is 99.1 Å². The Balaban J connectivity index is 1.74. The number of rotatable bonds is 8. The molecule has 0 aliphatic rings. The van der Waals surface area contributed by atoms with Crippen LogP contribution in [0.15, 0.2) is 59.5 Å². The van der Waals surface area contributed by atoms with Gasteiger partial charge in [-0.1, -0.05) is 36.4 Å². The van der Waals surface area contributed by atoms with Crippen molar-refractivity contribution in [2.45, 2.75) is 11.4 Å². The van der Waals surface area contributed by atoms with Gasteiger partial charge in [0.05, 0.1) is 28.8 Å². The predicted molar refractivity (Wildman–Crippen MR) is 94.4 cm³/mol. The maximum Gasteiger partial charge on any atom is 0.234 e. The third kappa shape index (κ3) is 6.03. The minimum atomic E-state index is -3.49. The molecule has 0 unspecified atom stereocenters. The summed E-state index contributed by atoms with van der Waals surface area (Å²) in [4.78, 5) is 11.8. The van der Waals surface area contributed by atoms with Gasteiger partial charge in [0.25, 0.3) is 0 Å². The van der Waals surface area contributed by atoms with Gasteiger partial charge in [-0.3, -0.25) is 4.79 Å². The Morgan fingerprint density at radius 3 is 2.56 bits per heavy atom. The van der Waals surface area contributed by atoms with E-state index in [2.05, 4.69) is 10.6 Å². The number of nitrogens with zero attached hydrogens (tertiary/aromatic N) is 1. The van der Waals surface area contributed by atoms with Crippen molar-refractivity contribution in [3.05, 3.63) is 65.7 Å². The zero-order chi connectivity index (χ0) is 18.1. The molecule has 2 aromatic rings. The Labute approximate surface area is 147 Å². The van der Waals surface area contributed by atoms with Crippen LogP contribution in [-0.2, 0) is 21.2 Å². The van der Waals surface area contributed by atoms with Crippen LogP contribution >= 0.6 is 0 Å². The number of amides is 1. The summed E-state index contributed by atoms with van der Waals surface area (Å²) in [5.41, 5.74) is 1.30. The minimum absolute atomic E-state index is 0.0423. The third-order valence-electron chi connectivity index (χ3n) is 3.49. The summed E-state index contributed by atoms with van der Waals surface area (Å²) in [7, 11) is -3.49. The average molecular weight is 357 g/mol. The molecule has 0 saturated carbocycles. The van der Waals surface area contributed by atoms with E-state index in [0.717, 1.165) is 5.56 Å². The van der Waals surface area contributed by atoms with Gasteiger partial charge in [0.15, 0.2) is 9.84 Å². The van der Waals surface area contributed by atoms with Crippen LogP contribution in [0.4, 0.5) is 0 Å². The fourth-order valence-electron chi connectivity index (χ4n) is 2.14. The van der Waals surface area contributed by atoms with Gasteiger partial charge in [-0.2, -0.15) is 5.26 Å². The molecular formula is C18H19N3O3S. The van der Waals surface area contributed by atoms with E-state index >= 15 is 0 Å². The summed E-state index contributed by atoms with van der Waals surface area (Å²) in [6.45, 7) is 0.624. The molecule has 0 radical (unpaired) electrons. The van der Waals surface area contributed by atoms with Crippen molar-refractivity contribution in [2.24, 2.45) is 0 Å². The van der Waals surface area contributed by atoms with Crippen molar-refractivity contribution in [3.8, 4) is 6.07 Å². The smallest absolute Gasteiger partial charge is 0.234 e. The van der Waals surface area contributed by atoms with Crippen molar-refractivity contribution >= 4 is 15.7 Å². The molecule has 0 atom stereocenters. The van der Waals surface area contributed by atoms with E-state index in [1.54, 1.807) is 6.07 Å². The maximum absolute atomic E-state index is 12.2. The molecule has 0 aliphatic carbocycles. The lowest BCUT2D eigenvalue weighted by atomic mass is 10.2. The molecule has 0 heterocycles. The Hall–Kier alpha value is -2.69. The molecule has 2 N–H and O–H groups in total. The number of sulfone groups is 1. The van der Waals surface area contributed by atoms with Crippen LogP contribution in [0.5, 0.6) is 0 Å². The van der Waals surface area contributed by atoms with Gasteiger partial charge in [0.2, 0.25) is 5.91 Å². The van der Waals surface area contributed by atoms with Gasteiger partial charge in [0.1, 0.15) is 0 Å². The molecule has 7 heteroatoms. The summed E-state index contributed by atoms with van der Waals surface area (Å²) in [5, 5.41) is 14.4. The number of nitrogens with one attached hydrogen (secondary N) is 2. The SMILES string of the molecule is N#Cc1cccc(S(=O)(=O)CCNCC(=O)NCc2ccccc2)c1. The summed E-state index contributed by atoms with van der Waals surface area (Å²) in [6, 6.07) is 17.3. The van der Waals surface area contributed by atoms with E-state index in [9.17, 15) is 13.2 Å². The highest BCUT2D eigenvalue weighted by Gasteiger charge is 2.14. The molecule has 2 aromatic carbocycles. The van der Waals surface area contributed by atoms with E-state index in [4.69, 9.17) is 5.26 Å². The molecule has 0 aromatic heterocycles. The Morgan fingerprint density at radius 2 is 1.84 bits per heavy atom. The van der Waals surface area contributed by atoms with Crippen LogP contribution in [0, 0.1) is 11.3 Å². The summed E-state index contributed by atoms with van der Waals surface area (Å²) in [6.07, 6.45) is 0. The second-order valence-electron chi connectivity index (χ2n) is 5.40. The number of carbonyl (C=O) groups is 1. The minimum Gasteiger partial charge on any atom is -0.351 e. The standard InChI is InChI=1S/C18H19N3O3S/c19-12-16-7-4-8-17(11-16)25(23,24)10-9-20-14-18(22)21-13-15-5-2-1-3-6-15/h1-8,11,20H,9-10,13-14H2,(H,21,22). The van der Waals surface area contributed by atoms with Crippen molar-refractivity contribution in [2.75, 3.05) is 18.8 Å². The molecule has 1 amide bonds. The van der Waals surface area contributed by atoms with Crippen molar-refractivity contribution in [1.29, 1.82) is 5.26 Å². The molecule has 2 rings (SSSR count). The second-order valence-corrected chi connectivity index (χ2v) is 7.51. The van der Waals surface area contributed by atoms with Gasteiger partial charge >= 0.3 is 0 Å². The lowest BCUT2D eigenvalue weighted by Crippen LogP contribution is -2.35. The Bertz CT molecular complexity index is 859. The first-order chi connectivity index (χ1) is 12.0. The molecule has 0 spiro atoms. The highest BCUT2D eigenvalue weighted by atomic mass is 32.2. The van der Waals surface area contributed by atoms with Gasteiger partial charge in [0, 0.05) is 13.1 Å². The second kappa shape index (κ2) is 8.97. The highest BCUT2D eigenvalue weighted by Crippen LogP contribution is 2.12. The Morgan fingerprint density at radius 1 is 1.08 bits per heavy atom. The number of hydrogen-bond donors (Lipinski definition) is 2. The number of nitriles is 1. The van der Waals surface area contributed by atoms with Gasteiger partial charge in [-0.15, -0.1) is 0 Å². The number of hydrogen-bond acceptors (Lipinski definition) is 5. The predicted octanol–water partition coefficient (Wildman–Crippen LogP) is 1.24. The molecule has 0 aliphatic heterocycles. The maximum atomic E-state index is 12.2. The lowest BCUT2D eigenvalue weighted by Gasteiger charge is -2.08. The zero-order valence-electron chi connectivity index (χ0n) is 13.6. The summed E-state index contributed by atoms with van der Waals surface area (Å²) in [5.74, 6) is -0.346. The van der Waals surface area contributed by atoms with Gasteiger partial charge < -0.3 is 10.6 Å². The monoisotopic (exact) mass is 357 g/mol. The van der Waals surface area contributed by atoms with Gasteiger partial charge in [-0.05, 0) is 23.8 Å². The van der Waals surface area contributed by atoms with Crippen LogP contribution < -0.4 is 10.6 Å². The first-order valence-corrected chi connectivity index (χ1v) is 9.41. The van der Waals surface area contributed by atoms with E-state index < -0.39 is 9.84 Å². The normalized spacial score (nSPS) is 10.8. The molecule has 0 saturated heterocycles. The molecule has 6 nitrogen and oxygen atoms in total. The number of carbonyl (C=O) groups excluding carboxylic acids is 1. The lowest BCUT2D eigenvalue weighted by molar-refractivity contribution is -0.120. The molecule has 25 heavy (non-hydrogen) atoms. The molecule has 0 fully saturated rings. The fourth-order valence-corrected chi connectivity index (χ4v) is 3.39. The quantitative estimate of drug-likeness (QED) is 0.693. The third-order valence-corrected chi connectivity index (χ3v) is 5.20. The van der Waals surface area contributed by atoms with Crippen LogP contribution in [-0.4, -0.2) is 33.2 Å². The average Bonchev–Trinajstić information content (AvgIpc) is 2.64. The largest absolute Gasteiger partial charge is 0.351 e. The van der Waals surface area contributed by atoms with Crippen molar-refractivity contribution in [3.63, 3.8) is 0 Å². The van der Waals surface area contributed by atoms with Crippen LogP contribution in [0.2, 0.25) is 0 Å². The van der Waals surface area contributed by atoms with E-state index in [-0.39, 0.29) is 29.6 Å². The highest BCUT2D eigenvalue weighted by molar-refractivity contribution is 7.91. The fraction of sp³-hybridized carbons (Fsp3) is 0.222. The van der Waals surface area contributed by atoms with Crippen LogP contribution in [0.25, 0.3) is 0 Å². The number of benzene rings is 2. The van der Waals surface area contributed by atoms with E-state index in [1.165, 1.54) is 18.2 Å². The van der Waals surface area contributed by atoms with E-state index in [0.29, 0.717) is 12.1 Å². The van der Waals surface area contributed by atoms with Gasteiger partial charge in [-0.25, -0.2) is 8.42 Å². The summed E-state index contributed by atoms with van der Waals surface area (Å²) < 4.78 is 24.4. The van der Waals surface area contributed by atoms with Crippen molar-refractivity contribution < 1.29 is 13.2 Å². The van der Waals surface area contributed by atoms with Crippen LogP contribution in [0.1, 0.15) is 11.1 Å². The van der Waals surface area contributed by atoms with E-state index in [1.807, 2.05) is 36.4 Å². The Kier molecular flexibility index (Phi) is 6.69. The summed E-state index contributed by atoms with van der Waals surface area (Å²) >= 11 is 0. The molecule has 130 valence electrons. The molecular weight excluding hydrogens is 338 g/mol. The van der Waals surface area contributed by atoms with Crippen LogP contribution in [0.3, 0.4) is 0 Å². The first kappa shape index (κ1) is 18.6. The van der Waals surface area contributed by atoms with Crippen molar-refractivity contribution in [1.82, 2.24) is 10.6 Å². The zero-order valence-corrected chi connectivity index (χ0v) is 14.4.